The molecule has 2 heterocycles. The third-order valence-corrected chi connectivity index (χ3v) is 4.01. The van der Waals surface area contributed by atoms with Crippen molar-refractivity contribution in [2.24, 2.45) is 0 Å². The fraction of sp³-hybridized carbons (Fsp3) is 0.143. The van der Waals surface area contributed by atoms with Crippen LogP contribution in [0.25, 0.3) is 21.6 Å². The molecular formula is C14H13N3O3S. The zero-order valence-corrected chi connectivity index (χ0v) is 12.3. The summed E-state index contributed by atoms with van der Waals surface area (Å²) in [5.41, 5.74) is 0.187. The second kappa shape index (κ2) is 5.10. The third-order valence-electron chi connectivity index (χ3n) is 3.15. The van der Waals surface area contributed by atoms with Crippen molar-refractivity contribution >= 4 is 22.2 Å². The molecule has 2 aromatic heterocycles. The van der Waals surface area contributed by atoms with Gasteiger partial charge in [0.15, 0.2) is 17.3 Å². The Hall–Kier alpha value is -2.54. The van der Waals surface area contributed by atoms with Gasteiger partial charge in [0.1, 0.15) is 0 Å². The first-order chi connectivity index (χ1) is 10.2. The van der Waals surface area contributed by atoms with E-state index in [1.807, 2.05) is 17.5 Å². The van der Waals surface area contributed by atoms with Crippen molar-refractivity contribution in [3.05, 3.63) is 40.0 Å². The summed E-state index contributed by atoms with van der Waals surface area (Å²) in [7, 11) is 3.05. The first-order valence-corrected chi connectivity index (χ1v) is 7.01. The highest BCUT2D eigenvalue weighted by atomic mass is 32.1. The Balaban J connectivity index is 2.36. The Morgan fingerprint density at radius 1 is 1.24 bits per heavy atom. The first kappa shape index (κ1) is 13.4. The number of nitrogens with two attached hydrogens (primary N) is 1. The average molecular weight is 303 g/mol. The van der Waals surface area contributed by atoms with Gasteiger partial charge < -0.3 is 15.3 Å². The molecule has 0 saturated heterocycles. The summed E-state index contributed by atoms with van der Waals surface area (Å²) in [5.74, 6) is 7.29. The van der Waals surface area contributed by atoms with Crippen LogP contribution in [-0.4, -0.2) is 23.9 Å². The lowest BCUT2D eigenvalue weighted by molar-refractivity contribution is 0.355. The quantitative estimate of drug-likeness (QED) is 0.747. The highest BCUT2D eigenvalue weighted by Crippen LogP contribution is 2.31. The normalized spacial score (nSPS) is 10.8. The Morgan fingerprint density at radius 2 is 1.95 bits per heavy atom. The van der Waals surface area contributed by atoms with E-state index in [0.717, 1.165) is 9.55 Å². The number of methoxy groups -OCH3 is 2. The second-order valence-corrected chi connectivity index (χ2v) is 5.26. The molecule has 0 saturated carbocycles. The molecule has 0 bridgehead atoms. The minimum absolute atomic E-state index is 0.329. The number of hydrogen-bond acceptors (Lipinski definition) is 6. The zero-order chi connectivity index (χ0) is 15.0. The number of hydrogen-bond donors (Lipinski definition) is 1. The molecule has 0 radical (unpaired) electrons. The van der Waals surface area contributed by atoms with Gasteiger partial charge in [0.25, 0.3) is 5.56 Å². The van der Waals surface area contributed by atoms with Crippen molar-refractivity contribution in [2.45, 2.75) is 0 Å². The summed E-state index contributed by atoms with van der Waals surface area (Å²) in [6.07, 6.45) is 0. The Kier molecular flexibility index (Phi) is 3.26. The van der Waals surface area contributed by atoms with Crippen LogP contribution in [0.2, 0.25) is 0 Å². The predicted molar refractivity (Wildman–Crippen MR) is 82.6 cm³/mol. The van der Waals surface area contributed by atoms with E-state index in [4.69, 9.17) is 15.3 Å². The molecule has 0 fully saturated rings. The van der Waals surface area contributed by atoms with Gasteiger partial charge in [-0.25, -0.2) is 9.66 Å². The lowest BCUT2D eigenvalue weighted by atomic mass is 10.2. The highest BCUT2D eigenvalue weighted by Gasteiger charge is 2.15. The summed E-state index contributed by atoms with van der Waals surface area (Å²) in [4.78, 5) is 17.7. The molecule has 0 aliphatic heterocycles. The topological polar surface area (TPSA) is 79.4 Å². The number of nitrogen functional groups attached to an aromatic ring is 1. The van der Waals surface area contributed by atoms with Gasteiger partial charge in [-0.15, -0.1) is 11.3 Å². The summed E-state index contributed by atoms with van der Waals surface area (Å²) in [6.45, 7) is 0. The lowest BCUT2D eigenvalue weighted by Crippen LogP contribution is -2.29. The lowest BCUT2D eigenvalue weighted by Gasteiger charge is -2.11. The van der Waals surface area contributed by atoms with Crippen LogP contribution in [0.3, 0.4) is 0 Å². The molecule has 0 aliphatic carbocycles. The zero-order valence-electron chi connectivity index (χ0n) is 11.5. The van der Waals surface area contributed by atoms with E-state index in [1.165, 1.54) is 25.6 Å². The molecule has 0 aliphatic rings. The van der Waals surface area contributed by atoms with Crippen LogP contribution in [0, 0.1) is 0 Å². The third kappa shape index (κ3) is 2.11. The maximum absolute atomic E-state index is 12.4. The Bertz CT molecular complexity index is 856. The summed E-state index contributed by atoms with van der Waals surface area (Å²) >= 11 is 1.47. The van der Waals surface area contributed by atoms with Gasteiger partial charge in [-0.1, -0.05) is 6.07 Å². The van der Waals surface area contributed by atoms with Gasteiger partial charge in [0.05, 0.1) is 30.0 Å². The van der Waals surface area contributed by atoms with E-state index >= 15 is 0 Å². The Morgan fingerprint density at radius 3 is 2.57 bits per heavy atom. The summed E-state index contributed by atoms with van der Waals surface area (Å²) in [5, 5.41) is 2.29. The largest absolute Gasteiger partial charge is 0.493 e. The van der Waals surface area contributed by atoms with Crippen molar-refractivity contribution in [3.63, 3.8) is 0 Å². The molecule has 0 atom stereocenters. The van der Waals surface area contributed by atoms with E-state index in [1.54, 1.807) is 12.1 Å². The van der Waals surface area contributed by atoms with Crippen molar-refractivity contribution in [1.29, 1.82) is 0 Å². The van der Waals surface area contributed by atoms with E-state index in [0.29, 0.717) is 28.2 Å². The smallest absolute Gasteiger partial charge is 0.280 e. The van der Waals surface area contributed by atoms with Crippen molar-refractivity contribution in [2.75, 3.05) is 20.1 Å². The molecule has 0 amide bonds. The van der Waals surface area contributed by atoms with E-state index < -0.39 is 0 Å². The number of ether oxygens (including phenoxy) is 2. The van der Waals surface area contributed by atoms with Crippen LogP contribution in [0.1, 0.15) is 0 Å². The van der Waals surface area contributed by atoms with Crippen LogP contribution in [0.5, 0.6) is 11.5 Å². The maximum Gasteiger partial charge on any atom is 0.280 e. The Labute approximate surface area is 124 Å². The molecular weight excluding hydrogens is 290 g/mol. The van der Waals surface area contributed by atoms with E-state index in [2.05, 4.69) is 4.98 Å². The number of thiophene rings is 1. The van der Waals surface area contributed by atoms with Crippen LogP contribution < -0.4 is 20.9 Å². The summed E-state index contributed by atoms with van der Waals surface area (Å²) < 4.78 is 11.5. The van der Waals surface area contributed by atoms with Crippen molar-refractivity contribution in [3.8, 4) is 22.2 Å². The molecule has 2 N–H and O–H groups in total. The fourth-order valence-corrected chi connectivity index (χ4v) is 2.82. The molecule has 7 heteroatoms. The van der Waals surface area contributed by atoms with E-state index in [9.17, 15) is 4.79 Å². The fourth-order valence-electron chi connectivity index (χ4n) is 2.11. The number of rotatable bonds is 3. The van der Waals surface area contributed by atoms with Gasteiger partial charge in [-0.3, -0.25) is 4.79 Å². The molecule has 3 rings (SSSR count). The minimum atomic E-state index is -0.329. The molecule has 1 aromatic carbocycles. The van der Waals surface area contributed by atoms with Crippen molar-refractivity contribution in [1.82, 2.24) is 9.66 Å². The molecule has 21 heavy (non-hydrogen) atoms. The predicted octanol–water partition coefficient (Wildman–Crippen LogP) is 1.86. The number of benzene rings is 1. The SMILES string of the molecule is COc1cc2nc(-c3cccs3)n(N)c(=O)c2cc1OC. The standard InChI is InChI=1S/C14H13N3O3S/c1-19-10-6-8-9(7-11(10)20-2)16-13(17(15)14(8)18)12-4-3-5-21-12/h3-7H,15H2,1-2H3. The molecule has 3 aromatic rings. The molecule has 0 spiro atoms. The van der Waals surface area contributed by atoms with E-state index in [-0.39, 0.29) is 5.56 Å². The summed E-state index contributed by atoms with van der Waals surface area (Å²) in [6, 6.07) is 7.01. The molecule has 108 valence electrons. The van der Waals surface area contributed by atoms with Gasteiger partial charge in [0, 0.05) is 6.07 Å². The first-order valence-electron chi connectivity index (χ1n) is 6.13. The monoisotopic (exact) mass is 303 g/mol. The van der Waals surface area contributed by atoms with Gasteiger partial charge in [-0.2, -0.15) is 0 Å². The second-order valence-electron chi connectivity index (χ2n) is 4.31. The van der Waals surface area contributed by atoms with Crippen LogP contribution in [0.4, 0.5) is 0 Å². The van der Waals surface area contributed by atoms with Gasteiger partial charge in [0.2, 0.25) is 0 Å². The highest BCUT2D eigenvalue weighted by molar-refractivity contribution is 7.13. The maximum atomic E-state index is 12.4. The van der Waals surface area contributed by atoms with Gasteiger partial charge >= 0.3 is 0 Å². The van der Waals surface area contributed by atoms with Crippen LogP contribution in [0.15, 0.2) is 34.4 Å². The van der Waals surface area contributed by atoms with Crippen LogP contribution >= 0.6 is 11.3 Å². The molecule has 0 unspecified atom stereocenters. The minimum Gasteiger partial charge on any atom is -0.493 e. The number of aromatic nitrogens is 2. The number of nitrogens with zero attached hydrogens (tertiary/aromatic N) is 2. The average Bonchev–Trinajstić information content (AvgIpc) is 3.03. The van der Waals surface area contributed by atoms with Crippen molar-refractivity contribution < 1.29 is 9.47 Å². The van der Waals surface area contributed by atoms with Crippen LogP contribution in [-0.2, 0) is 0 Å². The number of fused-ring (bicyclic) bond motifs is 1. The molecule has 6 nitrogen and oxygen atoms in total. The van der Waals surface area contributed by atoms with Gasteiger partial charge in [-0.05, 0) is 17.5 Å².